The van der Waals surface area contributed by atoms with Gasteiger partial charge in [-0.05, 0) is 42.2 Å². The summed E-state index contributed by atoms with van der Waals surface area (Å²) in [7, 11) is 0. The van der Waals surface area contributed by atoms with E-state index in [1.165, 1.54) is 22.3 Å². The Morgan fingerprint density at radius 3 is 2.47 bits per heavy atom. The van der Waals surface area contributed by atoms with E-state index in [-0.39, 0.29) is 0 Å². The lowest BCUT2D eigenvalue weighted by Crippen LogP contribution is -1.94. The van der Waals surface area contributed by atoms with E-state index < -0.39 is 0 Å². The quantitative estimate of drug-likeness (QED) is 0.769. The average Bonchev–Trinajstić information content (AvgIpc) is 2.70. The fourth-order valence-corrected chi connectivity index (χ4v) is 1.65. The Bertz CT molecular complexity index is 469. The first kappa shape index (κ1) is 9.99. The Labute approximate surface area is 90.1 Å². The molecule has 0 saturated heterocycles. The molecule has 0 bridgehead atoms. The lowest BCUT2D eigenvalue weighted by Gasteiger charge is -2.02. The first-order valence-corrected chi connectivity index (χ1v) is 5.15. The van der Waals surface area contributed by atoms with Gasteiger partial charge >= 0.3 is 0 Å². The number of nitrogens with one attached hydrogen (secondary N) is 1. The maximum Gasteiger partial charge on any atom is 0.0332 e. The van der Waals surface area contributed by atoms with E-state index in [1.54, 1.807) is 0 Å². The third-order valence-electron chi connectivity index (χ3n) is 2.80. The lowest BCUT2D eigenvalue weighted by atomic mass is 10.0. The van der Waals surface area contributed by atoms with Crippen molar-refractivity contribution in [1.29, 1.82) is 0 Å². The number of hydrogen-bond donors (Lipinski definition) is 2. The van der Waals surface area contributed by atoms with E-state index >= 15 is 0 Å². The molecule has 15 heavy (non-hydrogen) atoms. The fraction of sp³-hybridized carbons (Fsp3) is 0.231. The van der Waals surface area contributed by atoms with Crippen molar-refractivity contribution in [1.82, 2.24) is 4.98 Å². The van der Waals surface area contributed by atoms with Crippen molar-refractivity contribution in [2.24, 2.45) is 5.73 Å². The van der Waals surface area contributed by atoms with Gasteiger partial charge in [-0.2, -0.15) is 0 Å². The molecule has 3 N–H and O–H groups in total. The zero-order valence-corrected chi connectivity index (χ0v) is 9.17. The van der Waals surface area contributed by atoms with Crippen LogP contribution in [0.15, 0.2) is 30.5 Å². The number of H-pyrrole nitrogens is 1. The summed E-state index contributed by atoms with van der Waals surface area (Å²) < 4.78 is 0. The van der Waals surface area contributed by atoms with E-state index in [0.29, 0.717) is 6.54 Å². The Hall–Kier alpha value is -1.54. The molecule has 1 heterocycles. The highest BCUT2D eigenvalue weighted by atomic mass is 14.7. The predicted molar refractivity (Wildman–Crippen MR) is 63.6 cm³/mol. The molecular formula is C13H16N2. The van der Waals surface area contributed by atoms with E-state index in [1.807, 2.05) is 6.20 Å². The van der Waals surface area contributed by atoms with Crippen LogP contribution in [-0.4, -0.2) is 4.98 Å². The van der Waals surface area contributed by atoms with Crippen LogP contribution < -0.4 is 5.73 Å². The molecule has 0 spiro atoms. The molecule has 2 heteroatoms. The highest BCUT2D eigenvalue weighted by Gasteiger charge is 2.02. The van der Waals surface area contributed by atoms with Gasteiger partial charge in [0.05, 0.1) is 0 Å². The molecule has 0 amide bonds. The maximum absolute atomic E-state index is 5.56. The molecule has 0 unspecified atom stereocenters. The van der Waals surface area contributed by atoms with Crippen molar-refractivity contribution in [2.45, 2.75) is 20.4 Å². The molecule has 0 fully saturated rings. The highest BCUT2D eigenvalue weighted by molar-refractivity contribution is 5.64. The van der Waals surface area contributed by atoms with Gasteiger partial charge in [-0.15, -0.1) is 0 Å². The summed E-state index contributed by atoms with van der Waals surface area (Å²) in [5.74, 6) is 0. The summed E-state index contributed by atoms with van der Waals surface area (Å²) in [6.07, 6.45) is 2.01. The van der Waals surface area contributed by atoms with E-state index in [2.05, 4.69) is 43.1 Å². The van der Waals surface area contributed by atoms with Crippen LogP contribution in [-0.2, 0) is 6.54 Å². The van der Waals surface area contributed by atoms with Crippen LogP contribution in [0.25, 0.3) is 11.1 Å². The van der Waals surface area contributed by atoms with Gasteiger partial charge in [0.25, 0.3) is 0 Å². The summed E-state index contributed by atoms with van der Waals surface area (Å²) in [5.41, 5.74) is 11.7. The fourth-order valence-electron chi connectivity index (χ4n) is 1.65. The van der Waals surface area contributed by atoms with Crippen molar-refractivity contribution >= 4 is 0 Å². The summed E-state index contributed by atoms with van der Waals surface area (Å²) >= 11 is 0. The Morgan fingerprint density at radius 2 is 1.87 bits per heavy atom. The monoisotopic (exact) mass is 200 g/mol. The molecule has 0 aliphatic carbocycles. The molecule has 1 aromatic carbocycles. The number of benzene rings is 1. The molecule has 78 valence electrons. The summed E-state index contributed by atoms with van der Waals surface area (Å²) in [6, 6.07) is 8.61. The average molecular weight is 200 g/mol. The van der Waals surface area contributed by atoms with Crippen LogP contribution in [0.2, 0.25) is 0 Å². The highest BCUT2D eigenvalue weighted by Crippen LogP contribution is 2.22. The number of aromatic amines is 1. The molecule has 0 aliphatic heterocycles. The topological polar surface area (TPSA) is 41.8 Å². The van der Waals surface area contributed by atoms with Gasteiger partial charge in [-0.3, -0.25) is 0 Å². The van der Waals surface area contributed by atoms with Crippen molar-refractivity contribution in [2.75, 3.05) is 0 Å². The molecular weight excluding hydrogens is 184 g/mol. The molecule has 1 aromatic heterocycles. The van der Waals surface area contributed by atoms with Crippen LogP contribution in [0.3, 0.4) is 0 Å². The molecule has 0 aliphatic rings. The Balaban J connectivity index is 2.40. The van der Waals surface area contributed by atoms with Crippen molar-refractivity contribution < 1.29 is 0 Å². The second-order valence-corrected chi connectivity index (χ2v) is 3.92. The maximum atomic E-state index is 5.56. The number of aromatic nitrogens is 1. The number of rotatable bonds is 2. The largest absolute Gasteiger partial charge is 0.363 e. The SMILES string of the molecule is Cc1ccc(-c2c[nH]c(CN)c2)cc1C. The summed E-state index contributed by atoms with van der Waals surface area (Å²) in [4.78, 5) is 3.16. The van der Waals surface area contributed by atoms with Crippen LogP contribution in [0.5, 0.6) is 0 Å². The van der Waals surface area contributed by atoms with Gasteiger partial charge in [0.15, 0.2) is 0 Å². The zero-order chi connectivity index (χ0) is 10.8. The molecule has 2 nitrogen and oxygen atoms in total. The minimum absolute atomic E-state index is 0.560. The second kappa shape index (κ2) is 3.91. The normalized spacial score (nSPS) is 10.6. The molecule has 0 atom stereocenters. The van der Waals surface area contributed by atoms with E-state index in [4.69, 9.17) is 5.73 Å². The van der Waals surface area contributed by atoms with Crippen molar-refractivity contribution in [3.8, 4) is 11.1 Å². The molecule has 0 saturated carbocycles. The van der Waals surface area contributed by atoms with Crippen LogP contribution in [0.4, 0.5) is 0 Å². The van der Waals surface area contributed by atoms with Gasteiger partial charge in [-0.1, -0.05) is 18.2 Å². The van der Waals surface area contributed by atoms with Gasteiger partial charge in [0.2, 0.25) is 0 Å². The second-order valence-electron chi connectivity index (χ2n) is 3.92. The van der Waals surface area contributed by atoms with Gasteiger partial charge in [-0.25, -0.2) is 0 Å². The predicted octanol–water partition coefficient (Wildman–Crippen LogP) is 2.76. The summed E-state index contributed by atoms with van der Waals surface area (Å²) in [5, 5.41) is 0. The standard InChI is InChI=1S/C13H16N2/c1-9-3-4-11(5-10(9)2)12-6-13(7-14)15-8-12/h3-6,8,15H,7,14H2,1-2H3. The van der Waals surface area contributed by atoms with Crippen molar-refractivity contribution in [3.05, 3.63) is 47.3 Å². The zero-order valence-electron chi connectivity index (χ0n) is 9.17. The van der Waals surface area contributed by atoms with Gasteiger partial charge in [0, 0.05) is 18.4 Å². The number of hydrogen-bond acceptors (Lipinski definition) is 1. The van der Waals surface area contributed by atoms with Gasteiger partial charge in [0.1, 0.15) is 0 Å². The third-order valence-corrected chi connectivity index (χ3v) is 2.80. The number of nitrogens with two attached hydrogens (primary N) is 1. The minimum Gasteiger partial charge on any atom is -0.363 e. The molecule has 2 aromatic rings. The van der Waals surface area contributed by atoms with E-state index in [9.17, 15) is 0 Å². The number of aryl methyl sites for hydroxylation is 2. The van der Waals surface area contributed by atoms with Crippen molar-refractivity contribution in [3.63, 3.8) is 0 Å². The summed E-state index contributed by atoms with van der Waals surface area (Å²) in [6.45, 7) is 4.82. The van der Waals surface area contributed by atoms with Crippen LogP contribution in [0.1, 0.15) is 16.8 Å². The smallest absolute Gasteiger partial charge is 0.0332 e. The minimum atomic E-state index is 0.560. The molecule has 2 rings (SSSR count). The third kappa shape index (κ3) is 1.95. The molecule has 0 radical (unpaired) electrons. The van der Waals surface area contributed by atoms with E-state index in [0.717, 1.165) is 5.69 Å². The lowest BCUT2D eigenvalue weighted by molar-refractivity contribution is 1.01. The Morgan fingerprint density at radius 1 is 1.07 bits per heavy atom. The van der Waals surface area contributed by atoms with Crippen LogP contribution in [0, 0.1) is 13.8 Å². The first-order chi connectivity index (χ1) is 7.20. The first-order valence-electron chi connectivity index (χ1n) is 5.15. The van der Waals surface area contributed by atoms with Gasteiger partial charge < -0.3 is 10.7 Å². The Kier molecular flexibility index (Phi) is 2.60. The van der Waals surface area contributed by atoms with Crippen LogP contribution >= 0.6 is 0 Å².